The molecule has 13 N–H and O–H groups in total. The number of nitrogens with zero attached hydrogens (tertiary/aromatic N) is 1. The van der Waals surface area contributed by atoms with Gasteiger partial charge in [0.1, 0.15) is 18.1 Å². The quantitative estimate of drug-likeness (QED) is 0.0480. The van der Waals surface area contributed by atoms with Gasteiger partial charge in [-0.25, -0.2) is 4.79 Å². The molecule has 0 fully saturated rings. The Morgan fingerprint density at radius 3 is 1.84 bits per heavy atom. The lowest BCUT2D eigenvalue weighted by atomic mass is 10.0. The number of nitrogens with one attached hydrogen (secondary N) is 3. The highest BCUT2D eigenvalue weighted by Gasteiger charge is 2.31. The SMILES string of the molecule is CC(C)CC(N)C(=O)NC(CC(=O)O)C(=O)NC(CCC(N)=O)C(=O)NC(CCCN=C(N)N)C(=O)O. The lowest BCUT2D eigenvalue weighted by Crippen LogP contribution is -2.57. The van der Waals surface area contributed by atoms with Gasteiger partial charge in [0.25, 0.3) is 0 Å². The molecule has 0 heterocycles. The van der Waals surface area contributed by atoms with E-state index in [0.717, 1.165) is 0 Å². The zero-order valence-electron chi connectivity index (χ0n) is 20.9. The maximum atomic E-state index is 12.8. The molecule has 0 spiro atoms. The van der Waals surface area contributed by atoms with Crippen molar-refractivity contribution < 1.29 is 39.0 Å². The normalized spacial score (nSPS) is 13.9. The monoisotopic (exact) mass is 530 g/mol. The van der Waals surface area contributed by atoms with Gasteiger partial charge in [0.05, 0.1) is 12.5 Å². The summed E-state index contributed by atoms with van der Waals surface area (Å²) in [5.74, 6) is -6.48. The van der Waals surface area contributed by atoms with Gasteiger partial charge < -0.3 is 49.1 Å². The lowest BCUT2D eigenvalue weighted by molar-refractivity contribution is -0.143. The van der Waals surface area contributed by atoms with E-state index in [0.29, 0.717) is 0 Å². The summed E-state index contributed by atoms with van der Waals surface area (Å²) in [4.78, 5) is 75.8. The summed E-state index contributed by atoms with van der Waals surface area (Å²) in [6.07, 6.45) is -1.06. The molecule has 0 saturated carbocycles. The first-order chi connectivity index (χ1) is 17.1. The lowest BCUT2D eigenvalue weighted by Gasteiger charge is -2.24. The molecule has 0 aromatic carbocycles. The molecular weight excluding hydrogens is 492 g/mol. The molecule has 16 nitrogen and oxygen atoms in total. The third kappa shape index (κ3) is 14.9. The number of carbonyl (C=O) groups excluding carboxylic acids is 4. The van der Waals surface area contributed by atoms with Crippen molar-refractivity contribution in [2.45, 2.75) is 76.5 Å². The Morgan fingerprint density at radius 2 is 1.35 bits per heavy atom. The average molecular weight is 531 g/mol. The summed E-state index contributed by atoms with van der Waals surface area (Å²) in [5.41, 5.74) is 21.3. The van der Waals surface area contributed by atoms with Gasteiger partial charge >= 0.3 is 11.9 Å². The largest absolute Gasteiger partial charge is 0.481 e. The summed E-state index contributed by atoms with van der Waals surface area (Å²) in [7, 11) is 0. The molecular formula is C21H38N8O8. The Morgan fingerprint density at radius 1 is 0.811 bits per heavy atom. The van der Waals surface area contributed by atoms with Gasteiger partial charge in [-0.2, -0.15) is 0 Å². The first-order valence-corrected chi connectivity index (χ1v) is 11.6. The topological polar surface area (TPSA) is 295 Å². The summed E-state index contributed by atoms with van der Waals surface area (Å²) >= 11 is 0. The smallest absolute Gasteiger partial charge is 0.326 e. The van der Waals surface area contributed by atoms with Crippen LogP contribution in [0.1, 0.15) is 52.4 Å². The summed E-state index contributed by atoms with van der Waals surface area (Å²) in [6.45, 7) is 3.75. The van der Waals surface area contributed by atoms with Crippen LogP contribution in [0.3, 0.4) is 0 Å². The molecule has 0 aliphatic rings. The van der Waals surface area contributed by atoms with Gasteiger partial charge in [0.15, 0.2) is 5.96 Å². The second kappa shape index (κ2) is 16.7. The van der Waals surface area contributed by atoms with E-state index in [1.165, 1.54) is 0 Å². The van der Waals surface area contributed by atoms with Gasteiger partial charge in [-0.05, 0) is 31.6 Å². The Kier molecular flexibility index (Phi) is 14.9. The molecule has 0 aliphatic carbocycles. The standard InChI is InChI=1S/C21H38N8O8/c1-10(2)8-11(22)17(33)29-14(9-16(31)32)19(35)27-12(5-6-15(23)30)18(34)28-13(20(36)37)4-3-7-26-21(24)25/h10-14H,3-9,22H2,1-2H3,(H2,23,30)(H,27,35)(H,28,34)(H,29,33)(H,31,32)(H,36,37)(H4,24,25,26). The van der Waals surface area contributed by atoms with E-state index in [1.54, 1.807) is 0 Å². The van der Waals surface area contributed by atoms with Crippen molar-refractivity contribution >= 4 is 41.5 Å². The molecule has 0 rings (SSSR count). The van der Waals surface area contributed by atoms with Gasteiger partial charge in [-0.1, -0.05) is 13.8 Å². The van der Waals surface area contributed by atoms with Crippen LogP contribution in [0.15, 0.2) is 4.99 Å². The van der Waals surface area contributed by atoms with Crippen LogP contribution in [0, 0.1) is 5.92 Å². The van der Waals surface area contributed by atoms with Crippen LogP contribution >= 0.6 is 0 Å². The first-order valence-electron chi connectivity index (χ1n) is 11.6. The van der Waals surface area contributed by atoms with E-state index >= 15 is 0 Å². The minimum absolute atomic E-state index is 0.0519. The number of hydrogen-bond donors (Lipinski definition) is 9. The summed E-state index contributed by atoms with van der Waals surface area (Å²) < 4.78 is 0. The van der Waals surface area contributed by atoms with Crippen molar-refractivity contribution in [3.05, 3.63) is 0 Å². The zero-order chi connectivity index (χ0) is 28.7. The van der Waals surface area contributed by atoms with E-state index in [9.17, 15) is 39.0 Å². The molecule has 0 aromatic heterocycles. The molecule has 0 aromatic rings. The van der Waals surface area contributed by atoms with Gasteiger partial charge in [-0.15, -0.1) is 0 Å². The van der Waals surface area contributed by atoms with Gasteiger partial charge in [0, 0.05) is 13.0 Å². The predicted octanol–water partition coefficient (Wildman–Crippen LogP) is -3.31. The van der Waals surface area contributed by atoms with Crippen molar-refractivity contribution in [1.82, 2.24) is 16.0 Å². The summed E-state index contributed by atoms with van der Waals surface area (Å²) in [6, 6.07) is -5.44. The number of guanidine groups is 1. The van der Waals surface area contributed by atoms with Crippen LogP contribution in [-0.2, 0) is 28.8 Å². The minimum atomic E-state index is -1.60. The number of primary amides is 1. The fourth-order valence-corrected chi connectivity index (χ4v) is 3.14. The number of nitrogens with two attached hydrogens (primary N) is 4. The van der Waals surface area contributed by atoms with E-state index < -0.39 is 66.2 Å². The second-order valence-corrected chi connectivity index (χ2v) is 8.81. The number of aliphatic carboxylic acids is 2. The highest BCUT2D eigenvalue weighted by Crippen LogP contribution is 2.06. The maximum absolute atomic E-state index is 12.8. The summed E-state index contributed by atoms with van der Waals surface area (Å²) in [5, 5.41) is 25.4. The number of carboxylic acid groups (broad SMARTS) is 2. The van der Waals surface area contributed by atoms with E-state index in [2.05, 4.69) is 20.9 Å². The number of carboxylic acids is 2. The van der Waals surface area contributed by atoms with Crippen molar-refractivity contribution in [3.8, 4) is 0 Å². The molecule has 210 valence electrons. The van der Waals surface area contributed by atoms with Crippen LogP contribution in [0.5, 0.6) is 0 Å². The highest BCUT2D eigenvalue weighted by atomic mass is 16.4. The molecule has 16 heteroatoms. The molecule has 0 radical (unpaired) electrons. The predicted molar refractivity (Wildman–Crippen MR) is 131 cm³/mol. The van der Waals surface area contributed by atoms with Crippen molar-refractivity contribution in [1.29, 1.82) is 0 Å². The highest BCUT2D eigenvalue weighted by molar-refractivity contribution is 5.95. The van der Waals surface area contributed by atoms with Crippen LogP contribution in [0.25, 0.3) is 0 Å². The number of aliphatic imine (C=N–C) groups is 1. The number of carbonyl (C=O) groups is 6. The fourth-order valence-electron chi connectivity index (χ4n) is 3.14. The molecule has 0 bridgehead atoms. The van der Waals surface area contributed by atoms with Gasteiger partial charge in [0.2, 0.25) is 23.6 Å². The van der Waals surface area contributed by atoms with E-state index in [1.807, 2.05) is 13.8 Å². The van der Waals surface area contributed by atoms with Crippen molar-refractivity contribution in [2.24, 2.45) is 33.8 Å². The Labute approximate surface area is 214 Å². The van der Waals surface area contributed by atoms with E-state index in [-0.39, 0.29) is 50.5 Å². The molecule has 37 heavy (non-hydrogen) atoms. The van der Waals surface area contributed by atoms with E-state index in [4.69, 9.17) is 22.9 Å². The first kappa shape index (κ1) is 33.0. The van der Waals surface area contributed by atoms with Crippen LogP contribution in [0.2, 0.25) is 0 Å². The maximum Gasteiger partial charge on any atom is 0.326 e. The third-order valence-electron chi connectivity index (χ3n) is 4.95. The van der Waals surface area contributed by atoms with Crippen LogP contribution < -0.4 is 38.9 Å². The Balaban J connectivity index is 5.57. The number of amides is 4. The Bertz CT molecular complexity index is 859. The molecule has 4 amide bonds. The molecule has 0 saturated heterocycles. The Hall–Kier alpha value is -3.95. The van der Waals surface area contributed by atoms with Crippen molar-refractivity contribution in [3.63, 3.8) is 0 Å². The number of hydrogen-bond acceptors (Lipinski definition) is 8. The minimum Gasteiger partial charge on any atom is -0.481 e. The second-order valence-electron chi connectivity index (χ2n) is 8.81. The molecule has 0 aliphatic heterocycles. The third-order valence-corrected chi connectivity index (χ3v) is 4.95. The fraction of sp³-hybridized carbons (Fsp3) is 0.667. The van der Waals surface area contributed by atoms with Crippen LogP contribution in [0.4, 0.5) is 0 Å². The van der Waals surface area contributed by atoms with Crippen LogP contribution in [-0.4, -0.2) is 82.5 Å². The number of rotatable bonds is 18. The molecule has 4 unspecified atom stereocenters. The van der Waals surface area contributed by atoms with Crippen molar-refractivity contribution in [2.75, 3.05) is 6.54 Å². The molecule has 4 atom stereocenters. The average Bonchev–Trinajstić information content (AvgIpc) is 2.76. The van der Waals surface area contributed by atoms with Gasteiger partial charge in [-0.3, -0.25) is 29.0 Å². The zero-order valence-corrected chi connectivity index (χ0v) is 20.9.